The van der Waals surface area contributed by atoms with Crippen molar-refractivity contribution in [3.05, 3.63) is 90.0 Å². The van der Waals surface area contributed by atoms with Gasteiger partial charge < -0.3 is 19.5 Å². The first-order valence-corrected chi connectivity index (χ1v) is 11.2. The molecule has 172 valence electrons. The molecule has 0 saturated heterocycles. The van der Waals surface area contributed by atoms with Crippen molar-refractivity contribution in [2.45, 2.75) is 32.8 Å². The summed E-state index contributed by atoms with van der Waals surface area (Å²) >= 11 is 0. The molecule has 1 amide bonds. The van der Waals surface area contributed by atoms with Crippen LogP contribution in [0.15, 0.2) is 78.9 Å². The number of methoxy groups -OCH3 is 1. The number of nitrogens with one attached hydrogen (secondary N) is 1. The van der Waals surface area contributed by atoms with Crippen LogP contribution in [0.5, 0.6) is 17.2 Å². The molecule has 0 spiro atoms. The quantitative estimate of drug-likeness (QED) is 0.256. The van der Waals surface area contributed by atoms with Gasteiger partial charge in [0.2, 0.25) is 5.91 Å². The Balaban J connectivity index is 1.50. The first-order valence-electron chi connectivity index (χ1n) is 11.2. The maximum Gasteiger partial charge on any atom is 0.248 e. The Labute approximate surface area is 196 Å². The predicted octanol–water partition coefficient (Wildman–Crippen LogP) is 6.50. The van der Waals surface area contributed by atoms with Gasteiger partial charge in [0.15, 0.2) is 11.5 Å². The average Bonchev–Trinajstić information content (AvgIpc) is 2.86. The fraction of sp³-hybridized carbons (Fsp3) is 0.250. The van der Waals surface area contributed by atoms with Crippen LogP contribution in [-0.4, -0.2) is 19.6 Å². The number of anilines is 1. The first-order chi connectivity index (χ1) is 16.2. The van der Waals surface area contributed by atoms with Crippen molar-refractivity contribution in [1.82, 2.24) is 0 Å². The molecular formula is C28H31NO4. The van der Waals surface area contributed by atoms with Crippen LogP contribution in [0.25, 0.3) is 6.08 Å². The lowest BCUT2D eigenvalue weighted by atomic mass is 10.2. The van der Waals surface area contributed by atoms with Crippen LogP contribution in [0.1, 0.15) is 37.3 Å². The van der Waals surface area contributed by atoms with Gasteiger partial charge in [-0.3, -0.25) is 4.79 Å². The Morgan fingerprint density at radius 3 is 2.42 bits per heavy atom. The predicted molar refractivity (Wildman–Crippen MR) is 133 cm³/mol. The molecule has 0 bridgehead atoms. The molecule has 33 heavy (non-hydrogen) atoms. The topological polar surface area (TPSA) is 56.8 Å². The third-order valence-corrected chi connectivity index (χ3v) is 4.99. The summed E-state index contributed by atoms with van der Waals surface area (Å²) in [7, 11) is 1.61. The van der Waals surface area contributed by atoms with Gasteiger partial charge in [0.25, 0.3) is 0 Å². The normalized spacial score (nSPS) is 10.7. The molecule has 0 unspecified atom stereocenters. The summed E-state index contributed by atoms with van der Waals surface area (Å²) < 4.78 is 17.0. The lowest BCUT2D eigenvalue weighted by Crippen LogP contribution is -2.07. The van der Waals surface area contributed by atoms with Crippen LogP contribution >= 0.6 is 0 Å². The molecule has 0 aromatic heterocycles. The highest BCUT2D eigenvalue weighted by Gasteiger charge is 2.05. The van der Waals surface area contributed by atoms with Gasteiger partial charge in [-0.25, -0.2) is 0 Å². The smallest absolute Gasteiger partial charge is 0.248 e. The summed E-state index contributed by atoms with van der Waals surface area (Å²) in [6.07, 6.45) is 6.55. The SMILES string of the molecule is CCCCCOc1ccc(/C=C/C(=O)Nc2ccc(OCc3ccccc3)cc2)cc1OC. The molecule has 5 nitrogen and oxygen atoms in total. The van der Waals surface area contributed by atoms with Crippen molar-refractivity contribution < 1.29 is 19.0 Å². The summed E-state index contributed by atoms with van der Waals surface area (Å²) in [4.78, 5) is 12.3. The van der Waals surface area contributed by atoms with Crippen LogP contribution in [-0.2, 0) is 11.4 Å². The van der Waals surface area contributed by atoms with E-state index in [0.29, 0.717) is 30.4 Å². The molecule has 0 aliphatic rings. The van der Waals surface area contributed by atoms with Gasteiger partial charge in [0.1, 0.15) is 12.4 Å². The molecule has 0 atom stereocenters. The Morgan fingerprint density at radius 2 is 1.70 bits per heavy atom. The van der Waals surface area contributed by atoms with E-state index in [1.807, 2.05) is 72.8 Å². The van der Waals surface area contributed by atoms with Gasteiger partial charge in [-0.15, -0.1) is 0 Å². The number of amides is 1. The fourth-order valence-corrected chi connectivity index (χ4v) is 3.17. The van der Waals surface area contributed by atoms with Crippen molar-refractivity contribution in [2.75, 3.05) is 19.0 Å². The summed E-state index contributed by atoms with van der Waals surface area (Å²) in [5.74, 6) is 1.90. The highest BCUT2D eigenvalue weighted by molar-refractivity contribution is 6.02. The molecule has 0 heterocycles. The Kier molecular flexibility index (Phi) is 9.40. The molecule has 3 aromatic rings. The van der Waals surface area contributed by atoms with Crippen molar-refractivity contribution in [1.29, 1.82) is 0 Å². The van der Waals surface area contributed by atoms with Crippen molar-refractivity contribution in [3.63, 3.8) is 0 Å². The third kappa shape index (κ3) is 8.04. The summed E-state index contributed by atoms with van der Waals surface area (Å²) in [5, 5.41) is 2.86. The van der Waals surface area contributed by atoms with Gasteiger partial charge >= 0.3 is 0 Å². The van der Waals surface area contributed by atoms with Crippen LogP contribution < -0.4 is 19.5 Å². The Hall–Kier alpha value is -3.73. The van der Waals surface area contributed by atoms with E-state index in [2.05, 4.69) is 12.2 Å². The van der Waals surface area contributed by atoms with E-state index in [1.165, 1.54) is 6.08 Å². The minimum Gasteiger partial charge on any atom is -0.493 e. The van der Waals surface area contributed by atoms with Crippen LogP contribution in [0.4, 0.5) is 5.69 Å². The number of hydrogen-bond donors (Lipinski definition) is 1. The number of ether oxygens (including phenoxy) is 3. The zero-order chi connectivity index (χ0) is 23.3. The Bertz CT molecular complexity index is 1030. The van der Waals surface area contributed by atoms with Gasteiger partial charge in [-0.1, -0.05) is 56.2 Å². The highest BCUT2D eigenvalue weighted by atomic mass is 16.5. The lowest BCUT2D eigenvalue weighted by Gasteiger charge is -2.11. The molecule has 3 rings (SSSR count). The minimum atomic E-state index is -0.216. The highest BCUT2D eigenvalue weighted by Crippen LogP contribution is 2.29. The molecule has 5 heteroatoms. The van der Waals surface area contributed by atoms with Crippen molar-refractivity contribution in [3.8, 4) is 17.2 Å². The fourth-order valence-electron chi connectivity index (χ4n) is 3.17. The molecular weight excluding hydrogens is 414 g/mol. The summed E-state index contributed by atoms with van der Waals surface area (Å²) in [5.41, 5.74) is 2.66. The van der Waals surface area contributed by atoms with E-state index in [9.17, 15) is 4.79 Å². The second kappa shape index (κ2) is 13.0. The molecule has 0 radical (unpaired) electrons. The van der Waals surface area contributed by atoms with E-state index in [-0.39, 0.29) is 5.91 Å². The number of carbonyl (C=O) groups excluding carboxylic acids is 1. The van der Waals surface area contributed by atoms with Gasteiger partial charge in [-0.05, 0) is 60.0 Å². The summed E-state index contributed by atoms with van der Waals surface area (Å²) in [6.45, 7) is 3.33. The monoisotopic (exact) mass is 445 g/mol. The van der Waals surface area contributed by atoms with Gasteiger partial charge in [0.05, 0.1) is 13.7 Å². The third-order valence-electron chi connectivity index (χ3n) is 4.99. The van der Waals surface area contributed by atoms with E-state index < -0.39 is 0 Å². The molecule has 3 aromatic carbocycles. The van der Waals surface area contributed by atoms with E-state index in [4.69, 9.17) is 14.2 Å². The van der Waals surface area contributed by atoms with Gasteiger partial charge in [-0.2, -0.15) is 0 Å². The van der Waals surface area contributed by atoms with E-state index in [0.717, 1.165) is 36.1 Å². The maximum atomic E-state index is 12.3. The lowest BCUT2D eigenvalue weighted by molar-refractivity contribution is -0.111. The standard InChI is InChI=1S/C28H31NO4/c1-3-4-8-19-32-26-17-11-22(20-27(26)31-2)12-18-28(30)29-24-13-15-25(16-14-24)33-21-23-9-6-5-7-10-23/h5-7,9-18,20H,3-4,8,19,21H2,1-2H3,(H,29,30)/b18-12+. The van der Waals surface area contributed by atoms with Crippen molar-refractivity contribution in [2.24, 2.45) is 0 Å². The molecule has 0 saturated carbocycles. The van der Waals surface area contributed by atoms with Crippen LogP contribution in [0.3, 0.4) is 0 Å². The minimum absolute atomic E-state index is 0.216. The number of rotatable bonds is 12. The van der Waals surface area contributed by atoms with Crippen LogP contribution in [0, 0.1) is 0 Å². The van der Waals surface area contributed by atoms with Crippen LogP contribution in [0.2, 0.25) is 0 Å². The number of benzene rings is 3. The number of unbranched alkanes of at least 4 members (excludes halogenated alkanes) is 2. The zero-order valence-electron chi connectivity index (χ0n) is 19.3. The van der Waals surface area contributed by atoms with Gasteiger partial charge in [0, 0.05) is 11.8 Å². The zero-order valence-corrected chi connectivity index (χ0v) is 19.3. The maximum absolute atomic E-state index is 12.3. The first kappa shape index (κ1) is 23.9. The molecule has 1 N–H and O–H groups in total. The van der Waals surface area contributed by atoms with E-state index >= 15 is 0 Å². The molecule has 0 fully saturated rings. The molecule has 0 aliphatic carbocycles. The second-order valence-corrected chi connectivity index (χ2v) is 7.59. The molecule has 0 aliphatic heterocycles. The number of hydrogen-bond acceptors (Lipinski definition) is 4. The van der Waals surface area contributed by atoms with Crippen molar-refractivity contribution >= 4 is 17.7 Å². The summed E-state index contributed by atoms with van der Waals surface area (Å²) in [6, 6.07) is 22.9. The average molecular weight is 446 g/mol. The van der Waals surface area contributed by atoms with E-state index in [1.54, 1.807) is 13.2 Å². The second-order valence-electron chi connectivity index (χ2n) is 7.59. The number of carbonyl (C=O) groups is 1. The Morgan fingerprint density at radius 1 is 0.909 bits per heavy atom. The largest absolute Gasteiger partial charge is 0.493 e.